The SMILES string of the molecule is Cc1ccc(-c2csc(=O)n2CC(=O)NCc2nnc3ccc(C(F)(F)F)cn23)cc1. The summed E-state index contributed by atoms with van der Waals surface area (Å²) < 4.78 is 41.4. The van der Waals surface area contributed by atoms with Crippen LogP contribution >= 0.6 is 11.3 Å². The van der Waals surface area contributed by atoms with Gasteiger partial charge in [0, 0.05) is 11.6 Å². The standard InChI is InChI=1S/C20H16F3N5O2S/c1-12-2-4-13(5-3-12)15-11-31-19(30)27(15)10-18(29)24-8-17-26-25-16-7-6-14(9-28(16)17)20(21,22)23/h2-7,9,11H,8,10H2,1H3,(H,24,29). The van der Waals surface area contributed by atoms with Crippen LogP contribution < -0.4 is 10.2 Å². The first kappa shape index (κ1) is 20.8. The van der Waals surface area contributed by atoms with E-state index in [0.29, 0.717) is 5.69 Å². The lowest BCUT2D eigenvalue weighted by Gasteiger charge is -2.10. The van der Waals surface area contributed by atoms with Crippen LogP contribution in [0.25, 0.3) is 16.9 Å². The maximum absolute atomic E-state index is 13.0. The smallest absolute Gasteiger partial charge is 0.347 e. The first-order chi connectivity index (χ1) is 14.7. The van der Waals surface area contributed by atoms with Crippen molar-refractivity contribution >= 4 is 22.9 Å². The van der Waals surface area contributed by atoms with Gasteiger partial charge < -0.3 is 5.32 Å². The number of thiazole rings is 1. The maximum atomic E-state index is 13.0. The number of aromatic nitrogens is 4. The van der Waals surface area contributed by atoms with E-state index in [-0.39, 0.29) is 29.4 Å². The first-order valence-electron chi connectivity index (χ1n) is 9.15. The summed E-state index contributed by atoms with van der Waals surface area (Å²) in [6.45, 7) is 1.58. The topological polar surface area (TPSA) is 81.3 Å². The van der Waals surface area contributed by atoms with Crippen molar-refractivity contribution in [3.63, 3.8) is 0 Å². The molecule has 0 aliphatic heterocycles. The Morgan fingerprint density at radius 2 is 1.87 bits per heavy atom. The molecule has 0 radical (unpaired) electrons. The molecule has 160 valence electrons. The second kappa shape index (κ2) is 7.99. The van der Waals surface area contributed by atoms with Gasteiger partial charge >= 0.3 is 11.0 Å². The molecule has 0 aliphatic rings. The molecular weight excluding hydrogens is 431 g/mol. The fourth-order valence-electron chi connectivity index (χ4n) is 3.03. The van der Waals surface area contributed by atoms with Crippen molar-refractivity contribution in [2.45, 2.75) is 26.2 Å². The Morgan fingerprint density at radius 3 is 2.58 bits per heavy atom. The molecular formula is C20H16F3N5O2S. The average molecular weight is 447 g/mol. The summed E-state index contributed by atoms with van der Waals surface area (Å²) in [4.78, 5) is 24.4. The number of aryl methyl sites for hydroxylation is 1. The van der Waals surface area contributed by atoms with Gasteiger partial charge in [0.1, 0.15) is 6.54 Å². The average Bonchev–Trinajstić information content (AvgIpc) is 3.30. The Labute approximate surface area is 177 Å². The fourth-order valence-corrected chi connectivity index (χ4v) is 3.80. The number of carbonyl (C=O) groups is 1. The second-order valence-corrected chi connectivity index (χ2v) is 7.70. The van der Waals surface area contributed by atoms with Gasteiger partial charge in [-0.05, 0) is 24.6 Å². The van der Waals surface area contributed by atoms with Gasteiger partial charge in [-0.2, -0.15) is 13.2 Å². The minimum Gasteiger partial charge on any atom is -0.347 e. The van der Waals surface area contributed by atoms with Gasteiger partial charge in [-0.15, -0.1) is 10.2 Å². The van der Waals surface area contributed by atoms with Crippen molar-refractivity contribution in [2.75, 3.05) is 0 Å². The van der Waals surface area contributed by atoms with E-state index >= 15 is 0 Å². The summed E-state index contributed by atoms with van der Waals surface area (Å²) >= 11 is 0.988. The number of nitrogens with one attached hydrogen (secondary N) is 1. The highest BCUT2D eigenvalue weighted by atomic mass is 32.1. The maximum Gasteiger partial charge on any atom is 0.417 e. The Hall–Kier alpha value is -3.47. The zero-order valence-corrected chi connectivity index (χ0v) is 17.0. The van der Waals surface area contributed by atoms with Crippen molar-refractivity contribution in [1.29, 1.82) is 0 Å². The van der Waals surface area contributed by atoms with Gasteiger partial charge in [-0.3, -0.25) is 18.6 Å². The Morgan fingerprint density at radius 1 is 1.13 bits per heavy atom. The van der Waals surface area contributed by atoms with E-state index in [2.05, 4.69) is 15.5 Å². The van der Waals surface area contributed by atoms with Crippen molar-refractivity contribution in [1.82, 2.24) is 24.5 Å². The van der Waals surface area contributed by atoms with Gasteiger partial charge in [0.15, 0.2) is 11.5 Å². The Bertz CT molecular complexity index is 1310. The van der Waals surface area contributed by atoms with Crippen LogP contribution in [0.2, 0.25) is 0 Å². The second-order valence-electron chi connectivity index (χ2n) is 6.88. The molecule has 1 amide bonds. The van der Waals surface area contributed by atoms with Gasteiger partial charge in [0.2, 0.25) is 5.91 Å². The summed E-state index contributed by atoms with van der Waals surface area (Å²) in [5.74, 6) is -0.330. The molecule has 0 bridgehead atoms. The monoisotopic (exact) mass is 447 g/mol. The zero-order valence-electron chi connectivity index (χ0n) is 16.2. The molecule has 0 atom stereocenters. The summed E-state index contributed by atoms with van der Waals surface area (Å²) in [7, 11) is 0. The van der Waals surface area contributed by atoms with Crippen LogP contribution in [0.1, 0.15) is 17.0 Å². The van der Waals surface area contributed by atoms with E-state index in [1.165, 1.54) is 15.0 Å². The lowest BCUT2D eigenvalue weighted by molar-refractivity contribution is -0.137. The van der Waals surface area contributed by atoms with E-state index in [1.54, 1.807) is 5.38 Å². The molecule has 0 fully saturated rings. The Kier molecular flexibility index (Phi) is 5.36. The molecule has 0 saturated heterocycles. The molecule has 0 unspecified atom stereocenters. The van der Waals surface area contributed by atoms with E-state index in [4.69, 9.17) is 0 Å². The Balaban J connectivity index is 1.50. The van der Waals surface area contributed by atoms with Crippen molar-refractivity contribution in [2.24, 2.45) is 0 Å². The highest BCUT2D eigenvalue weighted by Gasteiger charge is 2.31. The molecule has 1 N–H and O–H groups in total. The lowest BCUT2D eigenvalue weighted by Crippen LogP contribution is -2.31. The molecule has 4 aromatic rings. The third kappa shape index (κ3) is 4.36. The number of amides is 1. The number of benzene rings is 1. The molecule has 0 spiro atoms. The molecule has 1 aromatic carbocycles. The van der Waals surface area contributed by atoms with E-state index in [0.717, 1.165) is 34.7 Å². The van der Waals surface area contributed by atoms with Crippen LogP contribution in [-0.2, 0) is 24.1 Å². The van der Waals surface area contributed by atoms with E-state index < -0.39 is 17.6 Å². The molecule has 7 nitrogen and oxygen atoms in total. The van der Waals surface area contributed by atoms with Crippen LogP contribution in [0, 0.1) is 6.92 Å². The number of alkyl halides is 3. The molecule has 3 aromatic heterocycles. The molecule has 31 heavy (non-hydrogen) atoms. The van der Waals surface area contributed by atoms with E-state index in [9.17, 15) is 22.8 Å². The number of pyridine rings is 1. The minimum absolute atomic E-state index is 0.139. The number of carbonyl (C=O) groups excluding carboxylic acids is 1. The molecule has 0 saturated carbocycles. The number of hydrogen-bond acceptors (Lipinski definition) is 5. The van der Waals surface area contributed by atoms with E-state index in [1.807, 2.05) is 31.2 Å². The van der Waals surface area contributed by atoms with Gasteiger partial charge in [0.05, 0.1) is 17.8 Å². The van der Waals surface area contributed by atoms with Crippen LogP contribution in [0.5, 0.6) is 0 Å². The fraction of sp³-hybridized carbons (Fsp3) is 0.200. The van der Waals surface area contributed by atoms with Crippen LogP contribution in [0.3, 0.4) is 0 Å². The lowest BCUT2D eigenvalue weighted by atomic mass is 10.1. The van der Waals surface area contributed by atoms with Crippen molar-refractivity contribution in [3.05, 3.63) is 74.6 Å². The van der Waals surface area contributed by atoms with Crippen LogP contribution in [0.4, 0.5) is 13.2 Å². The number of halogens is 3. The largest absolute Gasteiger partial charge is 0.417 e. The summed E-state index contributed by atoms with van der Waals surface area (Å²) in [6.07, 6.45) is -3.62. The summed E-state index contributed by atoms with van der Waals surface area (Å²) in [5, 5.41) is 11.9. The van der Waals surface area contributed by atoms with Crippen molar-refractivity contribution < 1.29 is 18.0 Å². The van der Waals surface area contributed by atoms with Gasteiger partial charge in [0.25, 0.3) is 0 Å². The number of nitrogens with zero attached hydrogens (tertiary/aromatic N) is 4. The third-order valence-electron chi connectivity index (χ3n) is 4.68. The summed E-state index contributed by atoms with van der Waals surface area (Å²) in [6, 6.07) is 9.68. The highest BCUT2D eigenvalue weighted by Crippen LogP contribution is 2.29. The van der Waals surface area contributed by atoms with Crippen molar-refractivity contribution in [3.8, 4) is 11.3 Å². The summed E-state index contributed by atoms with van der Waals surface area (Å²) in [5.41, 5.74) is 1.88. The number of hydrogen-bond donors (Lipinski definition) is 1. The predicted molar refractivity (Wildman–Crippen MR) is 109 cm³/mol. The molecule has 4 rings (SSSR count). The quantitative estimate of drug-likeness (QED) is 0.509. The number of fused-ring (bicyclic) bond motifs is 1. The highest BCUT2D eigenvalue weighted by molar-refractivity contribution is 7.07. The number of rotatable bonds is 5. The van der Waals surface area contributed by atoms with Crippen LogP contribution in [0.15, 0.2) is 52.8 Å². The first-order valence-corrected chi connectivity index (χ1v) is 10.0. The van der Waals surface area contributed by atoms with Gasteiger partial charge in [-0.25, -0.2) is 0 Å². The molecule has 3 heterocycles. The normalized spacial score (nSPS) is 11.7. The zero-order chi connectivity index (χ0) is 22.2. The molecule has 0 aliphatic carbocycles. The van der Waals surface area contributed by atoms with Crippen LogP contribution in [-0.4, -0.2) is 25.1 Å². The molecule has 11 heteroatoms. The van der Waals surface area contributed by atoms with Gasteiger partial charge in [-0.1, -0.05) is 41.2 Å². The predicted octanol–water partition coefficient (Wildman–Crippen LogP) is 3.26. The minimum atomic E-state index is -4.51. The third-order valence-corrected chi connectivity index (χ3v) is 5.44.